The molecule has 98 valence electrons. The fourth-order valence-corrected chi connectivity index (χ4v) is 2.87. The van der Waals surface area contributed by atoms with Gasteiger partial charge in [-0.05, 0) is 37.8 Å². The monoisotopic (exact) mass is 245 g/mol. The van der Waals surface area contributed by atoms with Crippen molar-refractivity contribution in [3.05, 3.63) is 34.9 Å². The maximum Gasteiger partial charge on any atom is 0.141 e. The van der Waals surface area contributed by atoms with Crippen LogP contribution in [0, 0.1) is 19.8 Å². The van der Waals surface area contributed by atoms with E-state index in [2.05, 4.69) is 32.0 Å². The van der Waals surface area contributed by atoms with Gasteiger partial charge in [-0.25, -0.2) is 0 Å². The highest BCUT2D eigenvalue weighted by Crippen LogP contribution is 2.25. The maximum atomic E-state index is 12.4. The van der Waals surface area contributed by atoms with Gasteiger partial charge in [0.2, 0.25) is 0 Å². The third-order valence-corrected chi connectivity index (χ3v) is 4.10. The van der Waals surface area contributed by atoms with E-state index in [1.54, 1.807) is 0 Å². The lowest BCUT2D eigenvalue weighted by molar-refractivity contribution is -0.123. The second-order valence-corrected chi connectivity index (χ2v) is 5.63. The summed E-state index contributed by atoms with van der Waals surface area (Å²) in [5.74, 6) is 0.412. The van der Waals surface area contributed by atoms with Crippen molar-refractivity contribution in [1.29, 1.82) is 0 Å². The number of nitrogens with two attached hydrogens (primary N) is 1. The van der Waals surface area contributed by atoms with Crippen LogP contribution in [0.2, 0.25) is 0 Å². The van der Waals surface area contributed by atoms with Crippen LogP contribution in [0.1, 0.15) is 42.4 Å². The van der Waals surface area contributed by atoms with Crippen molar-refractivity contribution in [2.45, 2.75) is 52.0 Å². The van der Waals surface area contributed by atoms with Crippen LogP contribution >= 0.6 is 0 Å². The smallest absolute Gasteiger partial charge is 0.141 e. The number of ketones is 1. The summed E-state index contributed by atoms with van der Waals surface area (Å²) in [6, 6.07) is 6.40. The van der Waals surface area contributed by atoms with Crippen molar-refractivity contribution in [1.82, 2.24) is 0 Å². The van der Waals surface area contributed by atoms with E-state index in [9.17, 15) is 4.79 Å². The SMILES string of the molecule is Cc1ccc(C)c(CC(=O)C2CCCCC2N)c1. The number of hydrogen-bond donors (Lipinski definition) is 1. The number of aryl methyl sites for hydroxylation is 2. The molecule has 2 atom stereocenters. The zero-order valence-corrected chi connectivity index (χ0v) is 11.4. The van der Waals surface area contributed by atoms with E-state index in [4.69, 9.17) is 5.73 Å². The van der Waals surface area contributed by atoms with Crippen LogP contribution in [0.5, 0.6) is 0 Å². The Kier molecular flexibility index (Phi) is 4.18. The van der Waals surface area contributed by atoms with Gasteiger partial charge in [-0.15, -0.1) is 0 Å². The summed E-state index contributed by atoms with van der Waals surface area (Å²) in [5, 5.41) is 0. The Morgan fingerprint density at radius 3 is 2.72 bits per heavy atom. The highest BCUT2D eigenvalue weighted by atomic mass is 16.1. The second kappa shape index (κ2) is 5.66. The van der Waals surface area contributed by atoms with Gasteiger partial charge in [0, 0.05) is 18.4 Å². The minimum atomic E-state index is 0.0800. The third-order valence-electron chi connectivity index (χ3n) is 4.10. The molecule has 0 radical (unpaired) electrons. The first-order valence-electron chi connectivity index (χ1n) is 6.92. The van der Waals surface area contributed by atoms with Crippen LogP contribution in [0.3, 0.4) is 0 Å². The number of hydrogen-bond acceptors (Lipinski definition) is 2. The fourth-order valence-electron chi connectivity index (χ4n) is 2.87. The molecule has 0 bridgehead atoms. The van der Waals surface area contributed by atoms with E-state index < -0.39 is 0 Å². The molecule has 0 aliphatic heterocycles. The van der Waals surface area contributed by atoms with E-state index in [0.717, 1.165) is 24.8 Å². The van der Waals surface area contributed by atoms with Gasteiger partial charge in [0.15, 0.2) is 0 Å². The molecule has 1 aromatic carbocycles. The molecular weight excluding hydrogens is 222 g/mol. The van der Waals surface area contributed by atoms with Gasteiger partial charge < -0.3 is 5.73 Å². The molecule has 2 rings (SSSR count). The molecule has 1 aliphatic rings. The fraction of sp³-hybridized carbons (Fsp3) is 0.562. The zero-order chi connectivity index (χ0) is 13.1. The van der Waals surface area contributed by atoms with Crippen LogP contribution in [-0.2, 0) is 11.2 Å². The van der Waals surface area contributed by atoms with Gasteiger partial charge in [-0.1, -0.05) is 36.6 Å². The van der Waals surface area contributed by atoms with Crippen LogP contribution in [0.4, 0.5) is 0 Å². The first-order valence-corrected chi connectivity index (χ1v) is 6.92. The molecule has 0 amide bonds. The van der Waals surface area contributed by atoms with Crippen molar-refractivity contribution < 1.29 is 4.79 Å². The van der Waals surface area contributed by atoms with Crippen LogP contribution in [-0.4, -0.2) is 11.8 Å². The van der Waals surface area contributed by atoms with Crippen molar-refractivity contribution in [2.75, 3.05) is 0 Å². The summed E-state index contributed by atoms with van der Waals surface area (Å²) in [6.45, 7) is 4.14. The van der Waals surface area contributed by atoms with Gasteiger partial charge in [0.05, 0.1) is 0 Å². The minimum Gasteiger partial charge on any atom is -0.327 e. The van der Waals surface area contributed by atoms with Crippen LogP contribution < -0.4 is 5.73 Å². The Hall–Kier alpha value is -1.15. The molecule has 2 N–H and O–H groups in total. The van der Waals surface area contributed by atoms with E-state index >= 15 is 0 Å². The predicted molar refractivity (Wildman–Crippen MR) is 74.6 cm³/mol. The van der Waals surface area contributed by atoms with E-state index in [1.165, 1.54) is 17.5 Å². The molecule has 0 aromatic heterocycles. The van der Waals surface area contributed by atoms with Crippen LogP contribution in [0.15, 0.2) is 18.2 Å². The minimum absolute atomic E-state index is 0.0800. The lowest BCUT2D eigenvalue weighted by atomic mass is 9.80. The molecule has 2 unspecified atom stereocenters. The third kappa shape index (κ3) is 2.99. The van der Waals surface area contributed by atoms with Gasteiger partial charge >= 0.3 is 0 Å². The molecule has 0 spiro atoms. The molecule has 0 heterocycles. The Bertz CT molecular complexity index is 439. The van der Waals surface area contributed by atoms with Gasteiger partial charge in [0.25, 0.3) is 0 Å². The molecule has 2 heteroatoms. The number of rotatable bonds is 3. The van der Waals surface area contributed by atoms with E-state index in [1.807, 2.05) is 0 Å². The highest BCUT2D eigenvalue weighted by Gasteiger charge is 2.28. The Balaban J connectivity index is 2.08. The van der Waals surface area contributed by atoms with E-state index in [0.29, 0.717) is 12.2 Å². The molecule has 1 aliphatic carbocycles. The van der Waals surface area contributed by atoms with Crippen LogP contribution in [0.25, 0.3) is 0 Å². The highest BCUT2D eigenvalue weighted by molar-refractivity contribution is 5.84. The molecular formula is C16H23NO. The lowest BCUT2D eigenvalue weighted by Crippen LogP contribution is -2.38. The number of carbonyl (C=O) groups excluding carboxylic acids is 1. The summed E-state index contributed by atoms with van der Waals surface area (Å²) in [6.07, 6.45) is 4.85. The van der Waals surface area contributed by atoms with Gasteiger partial charge in [0.1, 0.15) is 5.78 Å². The molecule has 1 aromatic rings. The number of Topliss-reactive ketones (excluding diaryl/α,β-unsaturated/α-hetero) is 1. The standard InChI is InChI=1S/C16H23NO/c1-11-7-8-12(2)13(9-11)10-16(18)14-5-3-4-6-15(14)17/h7-9,14-15H,3-6,10,17H2,1-2H3. The summed E-state index contributed by atoms with van der Waals surface area (Å²) in [4.78, 5) is 12.4. The largest absolute Gasteiger partial charge is 0.327 e. The molecule has 0 saturated heterocycles. The molecule has 1 saturated carbocycles. The van der Waals surface area contributed by atoms with Crippen molar-refractivity contribution in [3.63, 3.8) is 0 Å². The van der Waals surface area contributed by atoms with Crippen molar-refractivity contribution in [2.24, 2.45) is 11.7 Å². The molecule has 2 nitrogen and oxygen atoms in total. The average molecular weight is 245 g/mol. The first kappa shape index (κ1) is 13.3. The van der Waals surface area contributed by atoms with E-state index in [-0.39, 0.29) is 12.0 Å². The van der Waals surface area contributed by atoms with Gasteiger partial charge in [-0.3, -0.25) is 4.79 Å². The molecule has 18 heavy (non-hydrogen) atoms. The average Bonchev–Trinajstić information content (AvgIpc) is 2.34. The first-order chi connectivity index (χ1) is 8.58. The van der Waals surface area contributed by atoms with Crippen molar-refractivity contribution in [3.8, 4) is 0 Å². The molecule has 1 fully saturated rings. The Morgan fingerprint density at radius 2 is 2.00 bits per heavy atom. The number of carbonyl (C=O) groups is 1. The quantitative estimate of drug-likeness (QED) is 0.889. The zero-order valence-electron chi connectivity index (χ0n) is 11.4. The Morgan fingerprint density at radius 1 is 1.28 bits per heavy atom. The number of benzene rings is 1. The van der Waals surface area contributed by atoms with Crippen molar-refractivity contribution >= 4 is 5.78 Å². The summed E-state index contributed by atoms with van der Waals surface area (Å²) in [7, 11) is 0. The Labute approximate surface area is 110 Å². The lowest BCUT2D eigenvalue weighted by Gasteiger charge is -2.27. The van der Waals surface area contributed by atoms with Gasteiger partial charge in [-0.2, -0.15) is 0 Å². The maximum absolute atomic E-state index is 12.4. The summed E-state index contributed by atoms with van der Waals surface area (Å²) < 4.78 is 0. The topological polar surface area (TPSA) is 43.1 Å². The summed E-state index contributed by atoms with van der Waals surface area (Å²) in [5.41, 5.74) is 9.67. The predicted octanol–water partition coefficient (Wildman–Crippen LogP) is 2.93. The normalized spacial score (nSPS) is 23.9. The second-order valence-electron chi connectivity index (χ2n) is 5.63. The summed E-state index contributed by atoms with van der Waals surface area (Å²) >= 11 is 0.